The van der Waals surface area contributed by atoms with Crippen LogP contribution in [-0.4, -0.2) is 15.3 Å². The van der Waals surface area contributed by atoms with Crippen molar-refractivity contribution >= 4 is 0 Å². The van der Waals surface area contributed by atoms with E-state index in [2.05, 4.69) is 10.2 Å². The third-order valence-corrected chi connectivity index (χ3v) is 2.04. The number of benzene rings is 1. The van der Waals surface area contributed by atoms with Crippen molar-refractivity contribution in [1.82, 2.24) is 10.2 Å². The number of nitrogens with zero attached hydrogens (tertiary/aromatic N) is 1. The molecule has 14 heavy (non-hydrogen) atoms. The Hall–Kier alpha value is -1.68. The Labute approximate surface area is 80.2 Å². The summed E-state index contributed by atoms with van der Waals surface area (Å²) in [7, 11) is 0. The lowest BCUT2D eigenvalue weighted by Gasteiger charge is -2.01. The minimum Gasteiger partial charge on any atom is -0.390 e. The molecule has 2 aromatic rings. The first kappa shape index (κ1) is 8.90. The molecule has 0 radical (unpaired) electrons. The third-order valence-electron chi connectivity index (χ3n) is 2.04. The fourth-order valence-corrected chi connectivity index (χ4v) is 1.35. The number of halogens is 1. The van der Waals surface area contributed by atoms with Crippen molar-refractivity contribution in [3.8, 4) is 11.1 Å². The van der Waals surface area contributed by atoms with E-state index in [9.17, 15) is 4.39 Å². The average Bonchev–Trinajstić information content (AvgIpc) is 2.66. The van der Waals surface area contributed by atoms with Gasteiger partial charge in [0.05, 0.1) is 18.5 Å². The van der Waals surface area contributed by atoms with Gasteiger partial charge in [0, 0.05) is 11.1 Å². The Bertz CT molecular complexity index is 439. The van der Waals surface area contributed by atoms with Gasteiger partial charge in [0.25, 0.3) is 0 Å². The summed E-state index contributed by atoms with van der Waals surface area (Å²) < 4.78 is 13.3. The second kappa shape index (κ2) is 3.59. The number of nitrogens with one attached hydrogen (secondary N) is 1. The zero-order chi connectivity index (χ0) is 9.97. The molecule has 0 aliphatic rings. The minimum atomic E-state index is -0.316. The third kappa shape index (κ3) is 1.40. The van der Waals surface area contributed by atoms with Crippen molar-refractivity contribution in [2.24, 2.45) is 0 Å². The molecule has 0 aliphatic carbocycles. The molecule has 72 valence electrons. The Balaban J connectivity index is 2.54. The van der Waals surface area contributed by atoms with E-state index >= 15 is 0 Å². The molecule has 4 heteroatoms. The Morgan fingerprint density at radius 3 is 2.79 bits per heavy atom. The zero-order valence-corrected chi connectivity index (χ0v) is 7.37. The maximum Gasteiger partial charge on any atom is 0.131 e. The molecule has 1 heterocycles. The Morgan fingerprint density at radius 1 is 1.29 bits per heavy atom. The molecular weight excluding hydrogens is 183 g/mol. The van der Waals surface area contributed by atoms with E-state index in [4.69, 9.17) is 5.11 Å². The maximum atomic E-state index is 13.3. The molecule has 0 fully saturated rings. The lowest BCUT2D eigenvalue weighted by Crippen LogP contribution is -1.89. The van der Waals surface area contributed by atoms with Gasteiger partial charge in [-0.1, -0.05) is 18.2 Å². The van der Waals surface area contributed by atoms with E-state index in [0.29, 0.717) is 16.8 Å². The monoisotopic (exact) mass is 192 g/mol. The van der Waals surface area contributed by atoms with E-state index < -0.39 is 0 Å². The van der Waals surface area contributed by atoms with Gasteiger partial charge in [0.15, 0.2) is 0 Å². The lowest BCUT2D eigenvalue weighted by atomic mass is 10.1. The number of aliphatic hydroxyl groups excluding tert-OH is 1. The number of aromatic amines is 1. The Kier molecular flexibility index (Phi) is 2.28. The molecule has 0 atom stereocenters. The van der Waals surface area contributed by atoms with Crippen LogP contribution < -0.4 is 0 Å². The highest BCUT2D eigenvalue weighted by Gasteiger charge is 2.09. The van der Waals surface area contributed by atoms with Crippen LogP contribution in [0.2, 0.25) is 0 Å². The normalized spacial score (nSPS) is 10.4. The van der Waals surface area contributed by atoms with Gasteiger partial charge in [0.1, 0.15) is 5.82 Å². The molecule has 2 N–H and O–H groups in total. The number of rotatable bonds is 2. The van der Waals surface area contributed by atoms with Crippen LogP contribution in [0.1, 0.15) is 5.69 Å². The van der Waals surface area contributed by atoms with E-state index in [1.54, 1.807) is 18.2 Å². The topological polar surface area (TPSA) is 48.9 Å². The molecule has 1 aromatic heterocycles. The summed E-state index contributed by atoms with van der Waals surface area (Å²) in [6.07, 6.45) is 1.50. The fourth-order valence-electron chi connectivity index (χ4n) is 1.35. The van der Waals surface area contributed by atoms with Gasteiger partial charge >= 0.3 is 0 Å². The fraction of sp³-hybridized carbons (Fsp3) is 0.100. The molecule has 0 saturated carbocycles. The molecular formula is C10H9FN2O. The highest BCUT2D eigenvalue weighted by Crippen LogP contribution is 2.24. The van der Waals surface area contributed by atoms with Gasteiger partial charge in [-0.05, 0) is 6.07 Å². The number of aliphatic hydroxyl groups is 1. The first-order valence-corrected chi connectivity index (χ1v) is 4.21. The molecule has 0 amide bonds. The molecule has 0 saturated heterocycles. The minimum absolute atomic E-state index is 0.177. The van der Waals surface area contributed by atoms with Crippen molar-refractivity contribution in [2.75, 3.05) is 0 Å². The van der Waals surface area contributed by atoms with E-state index in [1.165, 1.54) is 12.3 Å². The molecule has 1 aromatic carbocycles. The van der Waals surface area contributed by atoms with Crippen molar-refractivity contribution in [3.63, 3.8) is 0 Å². The highest BCUT2D eigenvalue weighted by atomic mass is 19.1. The van der Waals surface area contributed by atoms with Crippen LogP contribution in [0.3, 0.4) is 0 Å². The van der Waals surface area contributed by atoms with E-state index in [-0.39, 0.29) is 12.4 Å². The zero-order valence-electron chi connectivity index (χ0n) is 7.37. The maximum absolute atomic E-state index is 13.3. The van der Waals surface area contributed by atoms with Crippen molar-refractivity contribution in [1.29, 1.82) is 0 Å². The van der Waals surface area contributed by atoms with Crippen LogP contribution in [0.4, 0.5) is 4.39 Å². The van der Waals surface area contributed by atoms with Gasteiger partial charge in [-0.2, -0.15) is 5.10 Å². The molecule has 2 rings (SSSR count). The van der Waals surface area contributed by atoms with Crippen molar-refractivity contribution in [2.45, 2.75) is 6.61 Å². The van der Waals surface area contributed by atoms with Crippen LogP contribution in [0.5, 0.6) is 0 Å². The molecule has 0 bridgehead atoms. The molecule has 0 unspecified atom stereocenters. The molecule has 3 nitrogen and oxygen atoms in total. The summed E-state index contributed by atoms with van der Waals surface area (Å²) in [5.74, 6) is -0.316. The largest absolute Gasteiger partial charge is 0.390 e. The van der Waals surface area contributed by atoms with Crippen LogP contribution >= 0.6 is 0 Å². The predicted molar refractivity (Wildman–Crippen MR) is 49.9 cm³/mol. The number of hydrogen-bond acceptors (Lipinski definition) is 2. The van der Waals surface area contributed by atoms with Crippen molar-refractivity contribution in [3.05, 3.63) is 42.0 Å². The second-order valence-corrected chi connectivity index (χ2v) is 2.90. The average molecular weight is 192 g/mol. The number of H-pyrrole nitrogens is 1. The van der Waals surface area contributed by atoms with Crippen LogP contribution in [-0.2, 0) is 6.61 Å². The SMILES string of the molecule is OCc1[nH]ncc1-c1ccccc1F. The van der Waals surface area contributed by atoms with E-state index in [0.717, 1.165) is 0 Å². The lowest BCUT2D eigenvalue weighted by molar-refractivity contribution is 0.277. The summed E-state index contributed by atoms with van der Waals surface area (Å²) in [6.45, 7) is -0.177. The van der Waals surface area contributed by atoms with Crippen molar-refractivity contribution < 1.29 is 9.50 Å². The quantitative estimate of drug-likeness (QED) is 0.760. The molecule has 0 spiro atoms. The Morgan fingerprint density at radius 2 is 2.07 bits per heavy atom. The van der Waals surface area contributed by atoms with Gasteiger partial charge in [-0.3, -0.25) is 5.10 Å². The van der Waals surface area contributed by atoms with Crippen LogP contribution in [0, 0.1) is 5.82 Å². The molecule has 0 aliphatic heterocycles. The summed E-state index contributed by atoms with van der Waals surface area (Å²) in [5, 5.41) is 15.3. The second-order valence-electron chi connectivity index (χ2n) is 2.90. The standard InChI is InChI=1S/C10H9FN2O/c11-9-4-2-1-3-7(9)8-5-12-13-10(8)6-14/h1-5,14H,6H2,(H,12,13). The smallest absolute Gasteiger partial charge is 0.131 e. The highest BCUT2D eigenvalue weighted by molar-refractivity contribution is 5.65. The number of aromatic nitrogens is 2. The van der Waals surface area contributed by atoms with Crippen LogP contribution in [0.25, 0.3) is 11.1 Å². The van der Waals surface area contributed by atoms with E-state index in [1.807, 2.05) is 0 Å². The summed E-state index contributed by atoms with van der Waals surface area (Å²) in [5.41, 5.74) is 1.58. The van der Waals surface area contributed by atoms with Gasteiger partial charge < -0.3 is 5.11 Å². The van der Waals surface area contributed by atoms with Gasteiger partial charge in [-0.25, -0.2) is 4.39 Å². The first-order valence-electron chi connectivity index (χ1n) is 4.21. The van der Waals surface area contributed by atoms with Gasteiger partial charge in [-0.15, -0.1) is 0 Å². The predicted octanol–water partition coefficient (Wildman–Crippen LogP) is 1.71. The van der Waals surface area contributed by atoms with Crippen LogP contribution in [0.15, 0.2) is 30.5 Å². The summed E-state index contributed by atoms with van der Waals surface area (Å²) in [4.78, 5) is 0. The summed E-state index contributed by atoms with van der Waals surface area (Å²) >= 11 is 0. The summed E-state index contributed by atoms with van der Waals surface area (Å²) in [6, 6.07) is 6.40. The first-order chi connectivity index (χ1) is 6.83. The number of hydrogen-bond donors (Lipinski definition) is 2. The van der Waals surface area contributed by atoms with Gasteiger partial charge in [0.2, 0.25) is 0 Å².